The number of halogens is 1. The molecule has 5 nitrogen and oxygen atoms in total. The number of anilines is 1. The highest BCUT2D eigenvalue weighted by atomic mass is 35.5. The highest BCUT2D eigenvalue weighted by Gasteiger charge is 2.28. The van der Waals surface area contributed by atoms with E-state index in [1.54, 1.807) is 11.0 Å². The number of rotatable bonds is 3. The molecule has 0 bridgehead atoms. The Bertz CT molecular complexity index is 512. The van der Waals surface area contributed by atoms with Gasteiger partial charge in [0.05, 0.1) is 17.4 Å². The van der Waals surface area contributed by atoms with Gasteiger partial charge in [0.2, 0.25) is 0 Å². The van der Waals surface area contributed by atoms with Crippen LogP contribution >= 0.6 is 11.6 Å². The lowest BCUT2D eigenvalue weighted by Crippen LogP contribution is -2.47. The number of nitrogens with zero attached hydrogens (tertiary/aromatic N) is 3. The number of aromatic nitrogens is 1. The predicted octanol–water partition coefficient (Wildman–Crippen LogP) is 2.26. The summed E-state index contributed by atoms with van der Waals surface area (Å²) in [6.07, 6.45) is 3.42. The predicted molar refractivity (Wildman–Crippen MR) is 85.5 cm³/mol. The van der Waals surface area contributed by atoms with Crippen LogP contribution in [0.25, 0.3) is 0 Å². The van der Waals surface area contributed by atoms with Gasteiger partial charge < -0.3 is 15.5 Å². The summed E-state index contributed by atoms with van der Waals surface area (Å²) in [4.78, 5) is 20.7. The Morgan fingerprint density at radius 1 is 1.48 bits per heavy atom. The highest BCUT2D eigenvalue weighted by Crippen LogP contribution is 2.22. The molecule has 0 saturated carbocycles. The van der Waals surface area contributed by atoms with E-state index in [-0.39, 0.29) is 17.1 Å². The molecule has 2 heterocycles. The van der Waals surface area contributed by atoms with Crippen molar-refractivity contribution in [2.45, 2.75) is 38.8 Å². The van der Waals surface area contributed by atoms with Gasteiger partial charge in [-0.1, -0.05) is 11.6 Å². The molecule has 2 N–H and O–H groups in total. The molecule has 2 rings (SSSR count). The number of nitrogens with two attached hydrogens (primary N) is 1. The lowest BCUT2D eigenvalue weighted by Gasteiger charge is -2.38. The topological polar surface area (TPSA) is 62.5 Å². The van der Waals surface area contributed by atoms with Crippen LogP contribution in [0.4, 0.5) is 5.69 Å². The van der Waals surface area contributed by atoms with Crippen LogP contribution in [0.5, 0.6) is 0 Å². The highest BCUT2D eigenvalue weighted by molar-refractivity contribution is 6.32. The van der Waals surface area contributed by atoms with Gasteiger partial charge in [0, 0.05) is 32.2 Å². The Labute approximate surface area is 131 Å². The van der Waals surface area contributed by atoms with Crippen molar-refractivity contribution in [2.75, 3.05) is 25.9 Å². The van der Waals surface area contributed by atoms with Gasteiger partial charge in [-0.2, -0.15) is 0 Å². The van der Waals surface area contributed by atoms with Crippen molar-refractivity contribution in [1.82, 2.24) is 14.8 Å². The van der Waals surface area contributed by atoms with E-state index in [9.17, 15) is 4.79 Å². The van der Waals surface area contributed by atoms with Crippen LogP contribution in [0.3, 0.4) is 0 Å². The van der Waals surface area contributed by atoms with Crippen LogP contribution in [0.15, 0.2) is 12.3 Å². The molecule has 1 aliphatic rings. The van der Waals surface area contributed by atoms with Crippen LogP contribution in [-0.2, 0) is 0 Å². The van der Waals surface area contributed by atoms with Crippen molar-refractivity contribution in [2.24, 2.45) is 0 Å². The van der Waals surface area contributed by atoms with Crippen LogP contribution in [0.1, 0.15) is 37.0 Å². The zero-order valence-electron chi connectivity index (χ0n) is 12.8. The van der Waals surface area contributed by atoms with Gasteiger partial charge in [-0.3, -0.25) is 4.79 Å². The molecule has 1 fully saturated rings. The lowest BCUT2D eigenvalue weighted by atomic mass is 10.0. The lowest BCUT2D eigenvalue weighted by molar-refractivity contribution is 0.0615. The van der Waals surface area contributed by atoms with Crippen molar-refractivity contribution in [1.29, 1.82) is 0 Å². The van der Waals surface area contributed by atoms with E-state index >= 15 is 0 Å². The molecule has 116 valence electrons. The summed E-state index contributed by atoms with van der Waals surface area (Å²) in [6, 6.07) is 2.39. The molecule has 21 heavy (non-hydrogen) atoms. The number of piperidine rings is 1. The number of nitrogen functional groups attached to an aromatic ring is 1. The fraction of sp³-hybridized carbons (Fsp3) is 0.600. The normalized spacial score (nSPS) is 17.2. The zero-order chi connectivity index (χ0) is 15.6. The first-order chi connectivity index (χ1) is 9.90. The Hall–Kier alpha value is -1.33. The van der Waals surface area contributed by atoms with Gasteiger partial charge in [-0.25, -0.2) is 4.98 Å². The van der Waals surface area contributed by atoms with Crippen LogP contribution in [-0.4, -0.2) is 52.9 Å². The van der Waals surface area contributed by atoms with Crippen molar-refractivity contribution >= 4 is 23.2 Å². The number of carbonyl (C=O) groups excluding carboxylic acids is 1. The summed E-state index contributed by atoms with van der Waals surface area (Å²) in [5.41, 5.74) is 6.53. The Kier molecular flexibility index (Phi) is 5.06. The number of hydrogen-bond donors (Lipinski definition) is 1. The first kappa shape index (κ1) is 16.0. The Morgan fingerprint density at radius 3 is 2.67 bits per heavy atom. The minimum absolute atomic E-state index is 0.109. The summed E-state index contributed by atoms with van der Waals surface area (Å²) in [5.74, 6) is -0.109. The molecule has 1 amide bonds. The standard InChI is InChI=1S/C15H23ClN4O/c1-10(2)20-6-4-12(5-7-20)19(3)15(21)13-8-11(17)9-18-14(13)16/h8-10,12H,4-7,17H2,1-3H3. The van der Waals surface area contributed by atoms with Gasteiger partial charge >= 0.3 is 0 Å². The second-order valence-corrected chi connectivity index (χ2v) is 6.24. The van der Waals surface area contributed by atoms with Crippen molar-refractivity contribution in [3.63, 3.8) is 0 Å². The molecule has 0 aliphatic carbocycles. The van der Waals surface area contributed by atoms with E-state index in [0.29, 0.717) is 17.3 Å². The second-order valence-electron chi connectivity index (χ2n) is 5.88. The van der Waals surface area contributed by atoms with Crippen molar-refractivity contribution < 1.29 is 4.79 Å². The largest absolute Gasteiger partial charge is 0.397 e. The molecule has 6 heteroatoms. The number of carbonyl (C=O) groups is 1. The number of amides is 1. The molecule has 1 aromatic heterocycles. The maximum atomic E-state index is 12.6. The van der Waals surface area contributed by atoms with E-state index in [0.717, 1.165) is 25.9 Å². The van der Waals surface area contributed by atoms with Crippen LogP contribution in [0, 0.1) is 0 Å². The number of hydrogen-bond acceptors (Lipinski definition) is 4. The SMILES string of the molecule is CC(C)N1CCC(N(C)C(=O)c2cc(N)cnc2Cl)CC1. The quantitative estimate of drug-likeness (QED) is 0.870. The van der Waals surface area contributed by atoms with E-state index in [2.05, 4.69) is 23.7 Å². The third-order valence-corrected chi connectivity index (χ3v) is 4.49. The summed E-state index contributed by atoms with van der Waals surface area (Å²) in [7, 11) is 1.83. The average molecular weight is 311 g/mol. The van der Waals surface area contributed by atoms with Gasteiger partial charge in [0.15, 0.2) is 0 Å². The molecule has 1 aliphatic heterocycles. The van der Waals surface area contributed by atoms with Gasteiger partial charge in [-0.05, 0) is 32.8 Å². The molecule has 0 radical (unpaired) electrons. The minimum atomic E-state index is -0.109. The smallest absolute Gasteiger partial charge is 0.257 e. The fourth-order valence-electron chi connectivity index (χ4n) is 2.76. The van der Waals surface area contributed by atoms with Gasteiger partial charge in [0.1, 0.15) is 5.15 Å². The molecular weight excluding hydrogens is 288 g/mol. The molecule has 0 aromatic carbocycles. The summed E-state index contributed by atoms with van der Waals surface area (Å²) < 4.78 is 0. The summed E-state index contributed by atoms with van der Waals surface area (Å²) in [5, 5.41) is 0.209. The molecule has 0 unspecified atom stereocenters. The summed E-state index contributed by atoms with van der Waals surface area (Å²) >= 11 is 6.02. The molecule has 0 spiro atoms. The molecule has 1 saturated heterocycles. The molecular formula is C15H23ClN4O. The van der Waals surface area contributed by atoms with Crippen molar-refractivity contribution in [3.8, 4) is 0 Å². The Balaban J connectivity index is 2.05. The second kappa shape index (κ2) is 6.62. The molecule has 1 aromatic rings. The van der Waals surface area contributed by atoms with E-state index < -0.39 is 0 Å². The van der Waals surface area contributed by atoms with E-state index in [1.165, 1.54) is 6.20 Å². The first-order valence-electron chi connectivity index (χ1n) is 7.32. The maximum Gasteiger partial charge on any atom is 0.257 e. The third kappa shape index (κ3) is 3.66. The maximum absolute atomic E-state index is 12.6. The van der Waals surface area contributed by atoms with E-state index in [4.69, 9.17) is 17.3 Å². The fourth-order valence-corrected chi connectivity index (χ4v) is 2.94. The van der Waals surface area contributed by atoms with Crippen LogP contribution in [0.2, 0.25) is 5.15 Å². The molecule has 0 atom stereocenters. The zero-order valence-corrected chi connectivity index (χ0v) is 13.6. The average Bonchev–Trinajstić information content (AvgIpc) is 2.48. The van der Waals surface area contributed by atoms with Crippen LogP contribution < -0.4 is 5.73 Å². The Morgan fingerprint density at radius 2 is 2.10 bits per heavy atom. The van der Waals surface area contributed by atoms with Crippen molar-refractivity contribution in [3.05, 3.63) is 23.0 Å². The monoisotopic (exact) mass is 310 g/mol. The third-order valence-electron chi connectivity index (χ3n) is 4.19. The number of pyridine rings is 1. The van der Waals surface area contributed by atoms with Gasteiger partial charge in [0.25, 0.3) is 5.91 Å². The minimum Gasteiger partial charge on any atom is -0.397 e. The van der Waals surface area contributed by atoms with Gasteiger partial charge in [-0.15, -0.1) is 0 Å². The first-order valence-corrected chi connectivity index (χ1v) is 7.70. The number of likely N-dealkylation sites (tertiary alicyclic amines) is 1. The summed E-state index contributed by atoms with van der Waals surface area (Å²) in [6.45, 7) is 6.44. The van der Waals surface area contributed by atoms with E-state index in [1.807, 2.05) is 7.05 Å².